The first-order valence-electron chi connectivity index (χ1n) is 5.34. The molecule has 1 aromatic rings. The molecule has 0 fully saturated rings. The van der Waals surface area contributed by atoms with Gasteiger partial charge in [0.05, 0.1) is 25.1 Å². The van der Waals surface area contributed by atoms with Crippen LogP contribution in [-0.4, -0.2) is 20.3 Å². The number of hydrogen-bond donors (Lipinski definition) is 1. The molecule has 7 heteroatoms. The van der Waals surface area contributed by atoms with E-state index in [0.29, 0.717) is 6.54 Å². The van der Waals surface area contributed by atoms with E-state index in [2.05, 4.69) is 0 Å². The van der Waals surface area contributed by atoms with E-state index in [1.54, 1.807) is 19.1 Å². The zero-order valence-electron chi connectivity index (χ0n) is 9.83. The average molecular weight is 248 g/mol. The summed E-state index contributed by atoms with van der Waals surface area (Å²) in [6.45, 7) is 1.71. The highest BCUT2D eigenvalue weighted by Gasteiger charge is 2.13. The molecule has 0 bridgehead atoms. The van der Waals surface area contributed by atoms with Crippen molar-refractivity contribution in [2.45, 2.75) is 32.5 Å². The van der Waals surface area contributed by atoms with Gasteiger partial charge in [0.15, 0.2) is 0 Å². The van der Waals surface area contributed by atoms with Crippen molar-refractivity contribution in [2.24, 2.45) is 0 Å². The van der Waals surface area contributed by atoms with Crippen LogP contribution in [0.5, 0.6) is 0 Å². The SMILES string of the molecule is CCn1cc(C#N)c(=O)n(C[C@H](O)CC#N)c1=O. The maximum absolute atomic E-state index is 11.9. The minimum atomic E-state index is -1.11. The lowest BCUT2D eigenvalue weighted by atomic mass is 10.2. The third kappa shape index (κ3) is 2.65. The number of nitrogens with zero attached hydrogens (tertiary/aromatic N) is 4. The summed E-state index contributed by atoms with van der Waals surface area (Å²) in [5, 5.41) is 26.7. The maximum Gasteiger partial charge on any atom is 0.331 e. The van der Waals surface area contributed by atoms with Crippen molar-refractivity contribution in [2.75, 3.05) is 0 Å². The van der Waals surface area contributed by atoms with E-state index < -0.39 is 17.4 Å². The van der Waals surface area contributed by atoms with Crippen LogP contribution in [0.15, 0.2) is 15.8 Å². The Balaban J connectivity index is 3.35. The van der Waals surface area contributed by atoms with Crippen LogP contribution < -0.4 is 11.2 Å². The Hall–Kier alpha value is -2.38. The second-order valence-electron chi connectivity index (χ2n) is 3.65. The molecule has 0 unspecified atom stereocenters. The molecule has 0 amide bonds. The Labute approximate surface area is 103 Å². The average Bonchev–Trinajstić information content (AvgIpc) is 2.35. The summed E-state index contributed by atoms with van der Waals surface area (Å²) in [4.78, 5) is 23.6. The lowest BCUT2D eigenvalue weighted by Crippen LogP contribution is -2.43. The zero-order chi connectivity index (χ0) is 13.7. The molecule has 0 saturated carbocycles. The summed E-state index contributed by atoms with van der Waals surface area (Å²) >= 11 is 0. The Morgan fingerprint density at radius 3 is 2.61 bits per heavy atom. The highest BCUT2D eigenvalue weighted by molar-refractivity contribution is 5.22. The van der Waals surface area contributed by atoms with Crippen LogP contribution in [0.4, 0.5) is 0 Å². The predicted molar refractivity (Wildman–Crippen MR) is 61.6 cm³/mol. The van der Waals surface area contributed by atoms with E-state index in [1.807, 2.05) is 0 Å². The molecule has 1 atom stereocenters. The lowest BCUT2D eigenvalue weighted by molar-refractivity contribution is 0.155. The molecule has 0 spiro atoms. The van der Waals surface area contributed by atoms with Crippen LogP contribution in [0.3, 0.4) is 0 Å². The van der Waals surface area contributed by atoms with Crippen molar-refractivity contribution in [3.63, 3.8) is 0 Å². The van der Waals surface area contributed by atoms with Crippen molar-refractivity contribution < 1.29 is 5.11 Å². The van der Waals surface area contributed by atoms with Crippen molar-refractivity contribution in [1.82, 2.24) is 9.13 Å². The van der Waals surface area contributed by atoms with Gasteiger partial charge >= 0.3 is 5.69 Å². The van der Waals surface area contributed by atoms with Crippen LogP contribution in [0.25, 0.3) is 0 Å². The Kier molecular flexibility index (Phi) is 4.41. The van der Waals surface area contributed by atoms with Crippen molar-refractivity contribution in [3.8, 4) is 12.1 Å². The summed E-state index contributed by atoms with van der Waals surface area (Å²) in [6.07, 6.45) is -0.105. The van der Waals surface area contributed by atoms with Gasteiger partial charge in [0.2, 0.25) is 0 Å². The van der Waals surface area contributed by atoms with Gasteiger partial charge in [-0.25, -0.2) is 4.79 Å². The number of nitriles is 2. The van der Waals surface area contributed by atoms with E-state index in [9.17, 15) is 14.7 Å². The fraction of sp³-hybridized carbons (Fsp3) is 0.455. The molecule has 1 aromatic heterocycles. The number of aryl methyl sites for hydroxylation is 1. The largest absolute Gasteiger partial charge is 0.390 e. The Morgan fingerprint density at radius 2 is 2.11 bits per heavy atom. The molecule has 94 valence electrons. The quantitative estimate of drug-likeness (QED) is 0.747. The predicted octanol–water partition coefficient (Wildman–Crippen LogP) is -0.824. The van der Waals surface area contributed by atoms with E-state index in [4.69, 9.17) is 10.5 Å². The molecule has 0 aliphatic heterocycles. The second-order valence-corrected chi connectivity index (χ2v) is 3.65. The van der Waals surface area contributed by atoms with Gasteiger partial charge in [-0.1, -0.05) is 0 Å². The van der Waals surface area contributed by atoms with Gasteiger partial charge in [0, 0.05) is 12.7 Å². The summed E-state index contributed by atoms with van der Waals surface area (Å²) < 4.78 is 1.99. The number of aromatic nitrogens is 2. The molecule has 1 heterocycles. The van der Waals surface area contributed by atoms with Crippen molar-refractivity contribution in [1.29, 1.82) is 10.5 Å². The smallest absolute Gasteiger partial charge is 0.331 e. The van der Waals surface area contributed by atoms with Gasteiger partial charge in [-0.05, 0) is 6.92 Å². The van der Waals surface area contributed by atoms with Gasteiger partial charge < -0.3 is 5.11 Å². The molecular weight excluding hydrogens is 236 g/mol. The summed E-state index contributed by atoms with van der Waals surface area (Å²) in [6, 6.07) is 3.45. The van der Waals surface area contributed by atoms with Gasteiger partial charge in [0.1, 0.15) is 11.6 Å². The molecular formula is C11H12N4O3. The summed E-state index contributed by atoms with van der Waals surface area (Å²) in [5.74, 6) is 0. The van der Waals surface area contributed by atoms with Crippen molar-refractivity contribution >= 4 is 0 Å². The molecule has 18 heavy (non-hydrogen) atoms. The highest BCUT2D eigenvalue weighted by atomic mass is 16.3. The van der Waals surface area contributed by atoms with E-state index in [0.717, 1.165) is 4.57 Å². The first-order chi connectivity index (χ1) is 8.54. The number of aliphatic hydroxyl groups excluding tert-OH is 1. The Morgan fingerprint density at radius 1 is 1.44 bits per heavy atom. The van der Waals surface area contributed by atoms with E-state index in [1.165, 1.54) is 10.8 Å². The van der Waals surface area contributed by atoms with Gasteiger partial charge in [-0.3, -0.25) is 13.9 Å². The monoisotopic (exact) mass is 248 g/mol. The van der Waals surface area contributed by atoms with Crippen LogP contribution in [0, 0.1) is 22.7 Å². The standard InChI is InChI=1S/C11H12N4O3/c1-2-14-6-8(5-13)10(17)15(11(14)18)7-9(16)3-4-12/h6,9,16H,2-3,7H2,1H3/t9-/m1/s1. The molecule has 7 nitrogen and oxygen atoms in total. The third-order valence-corrected chi connectivity index (χ3v) is 2.42. The van der Waals surface area contributed by atoms with Crippen LogP contribution in [-0.2, 0) is 13.1 Å². The molecule has 0 aliphatic rings. The lowest BCUT2D eigenvalue weighted by Gasteiger charge is -2.11. The molecule has 0 radical (unpaired) electrons. The second kappa shape index (κ2) is 5.80. The fourth-order valence-electron chi connectivity index (χ4n) is 1.50. The number of aliphatic hydroxyl groups is 1. The minimum Gasteiger partial charge on any atom is -0.390 e. The maximum atomic E-state index is 11.9. The molecule has 0 aromatic carbocycles. The van der Waals surface area contributed by atoms with Crippen LogP contribution >= 0.6 is 0 Å². The molecule has 0 aliphatic carbocycles. The van der Waals surface area contributed by atoms with Gasteiger partial charge in [0.25, 0.3) is 5.56 Å². The summed E-state index contributed by atoms with van der Waals surface area (Å²) in [5.41, 5.74) is -1.51. The Bertz CT molecular complexity index is 630. The first kappa shape index (κ1) is 13.7. The normalized spacial score (nSPS) is 11.6. The van der Waals surface area contributed by atoms with Gasteiger partial charge in [-0.2, -0.15) is 10.5 Å². The van der Waals surface area contributed by atoms with E-state index in [-0.39, 0.29) is 18.5 Å². The number of rotatable bonds is 4. The summed E-state index contributed by atoms with van der Waals surface area (Å²) in [7, 11) is 0. The van der Waals surface area contributed by atoms with Gasteiger partial charge in [-0.15, -0.1) is 0 Å². The molecule has 1 N–H and O–H groups in total. The third-order valence-electron chi connectivity index (χ3n) is 2.42. The molecule has 1 rings (SSSR count). The van der Waals surface area contributed by atoms with Crippen LogP contribution in [0.2, 0.25) is 0 Å². The highest BCUT2D eigenvalue weighted by Crippen LogP contribution is 1.93. The van der Waals surface area contributed by atoms with Crippen molar-refractivity contribution in [3.05, 3.63) is 32.6 Å². The molecule has 0 saturated heterocycles. The van der Waals surface area contributed by atoms with E-state index >= 15 is 0 Å². The number of hydrogen-bond acceptors (Lipinski definition) is 5. The van der Waals surface area contributed by atoms with Crippen LogP contribution in [0.1, 0.15) is 18.9 Å². The first-order valence-corrected chi connectivity index (χ1v) is 5.34. The topological polar surface area (TPSA) is 112 Å². The fourth-order valence-corrected chi connectivity index (χ4v) is 1.50. The minimum absolute atomic E-state index is 0.166. The zero-order valence-corrected chi connectivity index (χ0v) is 9.83.